The number of esters is 1. The predicted octanol–water partition coefficient (Wildman–Crippen LogP) is 5.35. The quantitative estimate of drug-likeness (QED) is 0.318. The number of carbonyl (C=O) groups is 1. The van der Waals surface area contributed by atoms with Crippen molar-refractivity contribution >= 4 is 17.6 Å². The summed E-state index contributed by atoms with van der Waals surface area (Å²) in [4.78, 5) is 11.2. The van der Waals surface area contributed by atoms with Crippen molar-refractivity contribution in [3.05, 3.63) is 35.4 Å². The van der Waals surface area contributed by atoms with Gasteiger partial charge in [-0.05, 0) is 41.7 Å². The normalized spacial score (nSPS) is 25.8. The molecule has 4 nitrogen and oxygen atoms in total. The molecule has 0 saturated heterocycles. The summed E-state index contributed by atoms with van der Waals surface area (Å²) in [6.45, 7) is 6.06. The molecule has 2 rings (SSSR count). The second-order valence-electron chi connectivity index (χ2n) is 9.47. The van der Waals surface area contributed by atoms with Crippen LogP contribution in [0.5, 0.6) is 0 Å². The van der Waals surface area contributed by atoms with Gasteiger partial charge in [0.2, 0.25) is 0 Å². The van der Waals surface area contributed by atoms with Crippen molar-refractivity contribution in [2.45, 2.75) is 89.2 Å². The monoisotopic (exact) mass is 424 g/mol. The Morgan fingerprint density at radius 3 is 2.38 bits per heavy atom. The van der Waals surface area contributed by atoms with E-state index in [1.54, 1.807) is 0 Å². The van der Waals surface area contributed by atoms with Gasteiger partial charge in [0.25, 0.3) is 0 Å². The Labute approximate surface area is 180 Å². The molecule has 0 aromatic heterocycles. The number of unbranched alkanes of at least 4 members (excludes halogenated alkanes) is 3. The van der Waals surface area contributed by atoms with Gasteiger partial charge in [-0.2, -0.15) is 0 Å². The smallest absolute Gasteiger partial charge is 0.305 e. The number of hydrogen-bond donors (Lipinski definition) is 2. The zero-order valence-corrected chi connectivity index (χ0v) is 19.0. The predicted molar refractivity (Wildman–Crippen MR) is 117 cm³/mol. The fourth-order valence-electron chi connectivity index (χ4n) is 4.40. The number of alkyl halides is 1. The van der Waals surface area contributed by atoms with E-state index in [1.165, 1.54) is 7.11 Å². The number of halogens is 1. The molecule has 1 fully saturated rings. The largest absolute Gasteiger partial charge is 0.469 e. The van der Waals surface area contributed by atoms with Crippen molar-refractivity contribution in [2.75, 3.05) is 7.11 Å². The lowest BCUT2D eigenvalue weighted by Crippen LogP contribution is -2.20. The van der Waals surface area contributed by atoms with Crippen molar-refractivity contribution in [1.29, 1.82) is 0 Å². The van der Waals surface area contributed by atoms with E-state index in [2.05, 4.69) is 4.74 Å². The topological polar surface area (TPSA) is 66.8 Å². The minimum Gasteiger partial charge on any atom is -0.469 e. The molecule has 1 aliphatic carbocycles. The van der Waals surface area contributed by atoms with Crippen molar-refractivity contribution in [3.63, 3.8) is 0 Å². The highest BCUT2D eigenvalue weighted by atomic mass is 35.5. The van der Waals surface area contributed by atoms with Crippen LogP contribution in [0.2, 0.25) is 0 Å². The summed E-state index contributed by atoms with van der Waals surface area (Å²) in [5, 5.41) is 21.1. The maximum atomic E-state index is 11.2. The summed E-state index contributed by atoms with van der Waals surface area (Å²) in [7, 11) is 1.42. The van der Waals surface area contributed by atoms with E-state index in [-0.39, 0.29) is 28.6 Å². The summed E-state index contributed by atoms with van der Waals surface area (Å²) in [5.41, 5.74) is 1.78. The first-order valence-corrected chi connectivity index (χ1v) is 11.3. The first-order chi connectivity index (χ1) is 13.6. The minimum absolute atomic E-state index is 0.0232. The van der Waals surface area contributed by atoms with E-state index in [9.17, 15) is 15.0 Å². The number of methoxy groups -OCH3 is 1. The molecular formula is C24H37ClO4. The van der Waals surface area contributed by atoms with Gasteiger partial charge in [0.15, 0.2) is 0 Å². The van der Waals surface area contributed by atoms with Gasteiger partial charge in [-0.3, -0.25) is 4.79 Å². The van der Waals surface area contributed by atoms with Gasteiger partial charge in [-0.25, -0.2) is 0 Å². The summed E-state index contributed by atoms with van der Waals surface area (Å²) in [6, 6.07) is 8.03. The molecule has 29 heavy (non-hydrogen) atoms. The van der Waals surface area contributed by atoms with Crippen LogP contribution in [0.3, 0.4) is 0 Å². The SMILES string of the molecule is COC(=O)CCCCCCC1C(c2ccc(C(O)C(C)(C)C)cc2)C(O)C[C@H]1Cl. The molecule has 0 amide bonds. The van der Waals surface area contributed by atoms with E-state index >= 15 is 0 Å². The Kier molecular flexibility index (Phi) is 8.99. The third kappa shape index (κ3) is 6.70. The third-order valence-corrected chi connectivity index (χ3v) is 6.66. The van der Waals surface area contributed by atoms with E-state index in [0.717, 1.165) is 43.2 Å². The second kappa shape index (κ2) is 10.8. The van der Waals surface area contributed by atoms with Gasteiger partial charge in [0.1, 0.15) is 0 Å². The zero-order valence-electron chi connectivity index (χ0n) is 18.2. The van der Waals surface area contributed by atoms with Gasteiger partial charge >= 0.3 is 5.97 Å². The number of benzene rings is 1. The summed E-state index contributed by atoms with van der Waals surface area (Å²) < 4.78 is 4.67. The molecule has 0 spiro atoms. The molecule has 0 radical (unpaired) electrons. The fourth-order valence-corrected chi connectivity index (χ4v) is 4.86. The van der Waals surface area contributed by atoms with Gasteiger partial charge in [0, 0.05) is 17.7 Å². The lowest BCUT2D eigenvalue weighted by atomic mass is 9.81. The molecule has 4 unspecified atom stereocenters. The van der Waals surface area contributed by atoms with Crippen LogP contribution >= 0.6 is 11.6 Å². The molecule has 1 aromatic carbocycles. The molecule has 5 atom stereocenters. The Balaban J connectivity index is 1.94. The summed E-state index contributed by atoms with van der Waals surface area (Å²) in [5.74, 6) is 0.129. The number of hydrogen-bond acceptors (Lipinski definition) is 4. The number of aliphatic hydroxyl groups is 2. The number of ether oxygens (including phenoxy) is 1. The molecule has 164 valence electrons. The van der Waals surface area contributed by atoms with Crippen LogP contribution in [0, 0.1) is 11.3 Å². The highest BCUT2D eigenvalue weighted by Gasteiger charge is 2.42. The average molecular weight is 425 g/mol. The average Bonchev–Trinajstić information content (AvgIpc) is 2.96. The Morgan fingerprint density at radius 1 is 1.17 bits per heavy atom. The van der Waals surface area contributed by atoms with E-state index in [1.807, 2.05) is 45.0 Å². The Hall–Kier alpha value is -1.10. The van der Waals surface area contributed by atoms with Crippen molar-refractivity contribution < 1.29 is 19.7 Å². The fraction of sp³-hybridized carbons (Fsp3) is 0.708. The molecule has 0 bridgehead atoms. The number of rotatable bonds is 9. The van der Waals surface area contributed by atoms with Crippen LogP contribution in [0.25, 0.3) is 0 Å². The van der Waals surface area contributed by atoms with Crippen LogP contribution < -0.4 is 0 Å². The van der Waals surface area contributed by atoms with Crippen LogP contribution in [-0.4, -0.2) is 34.8 Å². The van der Waals surface area contributed by atoms with Gasteiger partial charge in [-0.1, -0.05) is 64.3 Å². The highest BCUT2D eigenvalue weighted by molar-refractivity contribution is 6.21. The molecular weight excluding hydrogens is 388 g/mol. The first kappa shape index (κ1) is 24.2. The Bertz CT molecular complexity index is 637. The van der Waals surface area contributed by atoms with Crippen molar-refractivity contribution in [1.82, 2.24) is 0 Å². The maximum absolute atomic E-state index is 11.2. The number of aliphatic hydroxyl groups excluding tert-OH is 2. The van der Waals surface area contributed by atoms with Crippen LogP contribution in [0.4, 0.5) is 0 Å². The lowest BCUT2D eigenvalue weighted by molar-refractivity contribution is -0.140. The summed E-state index contributed by atoms with van der Waals surface area (Å²) >= 11 is 6.60. The van der Waals surface area contributed by atoms with Crippen LogP contribution in [0.15, 0.2) is 24.3 Å². The molecule has 5 heteroatoms. The second-order valence-corrected chi connectivity index (χ2v) is 10.0. The minimum atomic E-state index is -0.522. The summed E-state index contributed by atoms with van der Waals surface area (Å²) in [6.07, 6.45) is 5.06. The van der Waals surface area contributed by atoms with Gasteiger partial charge < -0.3 is 14.9 Å². The molecule has 0 heterocycles. The zero-order chi connectivity index (χ0) is 21.6. The van der Waals surface area contributed by atoms with E-state index < -0.39 is 12.2 Å². The molecule has 1 saturated carbocycles. The van der Waals surface area contributed by atoms with Crippen molar-refractivity contribution in [2.24, 2.45) is 11.3 Å². The molecule has 2 N–H and O–H groups in total. The van der Waals surface area contributed by atoms with Gasteiger partial charge in [-0.15, -0.1) is 11.6 Å². The molecule has 0 aliphatic heterocycles. The lowest BCUT2D eigenvalue weighted by Gasteiger charge is -2.27. The number of carbonyl (C=O) groups excluding carboxylic acids is 1. The third-order valence-electron chi connectivity index (χ3n) is 6.16. The van der Waals surface area contributed by atoms with Crippen LogP contribution in [-0.2, 0) is 9.53 Å². The standard InChI is InChI=1S/C24H37ClO4/c1-24(2,3)23(28)17-13-11-16(12-14-17)22-18(19(25)15-20(22)26)9-7-5-6-8-10-21(27)29-4/h11-14,18-20,22-23,26,28H,5-10,15H2,1-4H3/t18?,19-,20?,22?,23?/m1/s1. The Morgan fingerprint density at radius 2 is 1.79 bits per heavy atom. The first-order valence-electron chi connectivity index (χ1n) is 10.8. The van der Waals surface area contributed by atoms with E-state index in [4.69, 9.17) is 11.6 Å². The van der Waals surface area contributed by atoms with Gasteiger partial charge in [0.05, 0.1) is 19.3 Å². The van der Waals surface area contributed by atoms with Crippen molar-refractivity contribution in [3.8, 4) is 0 Å². The van der Waals surface area contributed by atoms with Crippen LogP contribution in [0.1, 0.15) is 88.9 Å². The molecule has 1 aliphatic rings. The van der Waals surface area contributed by atoms with E-state index in [0.29, 0.717) is 12.8 Å². The maximum Gasteiger partial charge on any atom is 0.305 e. The highest BCUT2D eigenvalue weighted by Crippen LogP contribution is 2.45. The molecule has 1 aromatic rings.